The zero-order valence-electron chi connectivity index (χ0n) is 15.4. The second kappa shape index (κ2) is 7.64. The predicted molar refractivity (Wildman–Crippen MR) is 106 cm³/mol. The number of benzene rings is 2. The van der Waals surface area contributed by atoms with Gasteiger partial charge in [-0.15, -0.1) is 0 Å². The van der Waals surface area contributed by atoms with E-state index < -0.39 is 22.8 Å². The third-order valence-corrected chi connectivity index (χ3v) is 4.80. The molecule has 0 saturated carbocycles. The summed E-state index contributed by atoms with van der Waals surface area (Å²) in [6.07, 6.45) is 1.30. The number of aromatic hydroxyl groups is 1. The van der Waals surface area contributed by atoms with Crippen molar-refractivity contribution in [1.82, 2.24) is 4.57 Å². The van der Waals surface area contributed by atoms with Gasteiger partial charge in [-0.2, -0.15) is 0 Å². The predicted octanol–water partition coefficient (Wildman–Crippen LogP) is 4.44. The molecule has 0 aliphatic heterocycles. The van der Waals surface area contributed by atoms with Crippen LogP contribution in [0.2, 0.25) is 5.02 Å². The fourth-order valence-electron chi connectivity index (χ4n) is 3.24. The third kappa shape index (κ3) is 3.60. The molecule has 3 rings (SSSR count). The first-order valence-corrected chi connectivity index (χ1v) is 9.12. The molecule has 0 fully saturated rings. The van der Waals surface area contributed by atoms with Crippen molar-refractivity contribution in [2.45, 2.75) is 26.8 Å². The summed E-state index contributed by atoms with van der Waals surface area (Å²) in [5.41, 5.74) is -0.192. The molecule has 0 atom stereocenters. The number of halogens is 2. The summed E-state index contributed by atoms with van der Waals surface area (Å²) in [6, 6.07) is 7.80. The Kier molecular flexibility index (Phi) is 5.42. The number of hydrogen-bond acceptors (Lipinski definition) is 3. The van der Waals surface area contributed by atoms with E-state index in [0.29, 0.717) is 17.6 Å². The van der Waals surface area contributed by atoms with Gasteiger partial charge in [-0.25, -0.2) is 9.18 Å². The number of fused-ring (bicyclic) bond motifs is 1. The molecular weight excluding hydrogens is 385 g/mol. The van der Waals surface area contributed by atoms with Crippen molar-refractivity contribution in [3.63, 3.8) is 0 Å². The van der Waals surface area contributed by atoms with E-state index in [4.69, 9.17) is 11.6 Å². The van der Waals surface area contributed by atoms with Crippen LogP contribution in [-0.2, 0) is 13.0 Å². The zero-order valence-corrected chi connectivity index (χ0v) is 16.1. The molecule has 0 radical (unpaired) electrons. The first kappa shape index (κ1) is 19.9. The lowest BCUT2D eigenvalue weighted by Crippen LogP contribution is -2.20. The highest BCUT2D eigenvalue weighted by atomic mass is 35.5. The summed E-state index contributed by atoms with van der Waals surface area (Å²) in [4.78, 5) is 24.2. The second-order valence-electron chi connectivity index (χ2n) is 7.08. The molecule has 5 nitrogen and oxygen atoms in total. The first-order valence-electron chi connectivity index (χ1n) is 8.74. The highest BCUT2D eigenvalue weighted by Gasteiger charge is 2.20. The monoisotopic (exact) mass is 403 g/mol. The van der Waals surface area contributed by atoms with Crippen LogP contribution in [0, 0.1) is 11.7 Å². The van der Waals surface area contributed by atoms with Gasteiger partial charge in [0.05, 0.1) is 15.9 Å². The normalized spacial score (nSPS) is 11.3. The SMILES string of the molecule is CC(C)Cn1cc(C(=O)O)c(=O)c2c(O)c(Cc3cccc(Cl)c3F)ccc21. The summed E-state index contributed by atoms with van der Waals surface area (Å²) in [5, 5.41) is 20.0. The van der Waals surface area contributed by atoms with Gasteiger partial charge in [-0.05, 0) is 29.2 Å². The molecular formula is C21H19ClFNO4. The van der Waals surface area contributed by atoms with Gasteiger partial charge in [0.1, 0.15) is 17.1 Å². The van der Waals surface area contributed by atoms with Crippen LogP contribution < -0.4 is 5.43 Å². The van der Waals surface area contributed by atoms with E-state index in [9.17, 15) is 24.2 Å². The summed E-state index contributed by atoms with van der Waals surface area (Å²) in [5.74, 6) is -2.12. The third-order valence-electron chi connectivity index (χ3n) is 4.51. The van der Waals surface area contributed by atoms with Gasteiger partial charge >= 0.3 is 5.97 Å². The number of carboxylic acids is 1. The van der Waals surface area contributed by atoms with E-state index in [0.717, 1.165) is 0 Å². The maximum Gasteiger partial charge on any atom is 0.341 e. The van der Waals surface area contributed by atoms with Gasteiger partial charge in [-0.3, -0.25) is 4.79 Å². The van der Waals surface area contributed by atoms with Gasteiger partial charge in [0, 0.05) is 19.2 Å². The molecule has 0 saturated heterocycles. The molecule has 2 N–H and O–H groups in total. The first-order chi connectivity index (χ1) is 13.2. The lowest BCUT2D eigenvalue weighted by molar-refractivity contribution is 0.0694. The molecule has 7 heteroatoms. The van der Waals surface area contributed by atoms with E-state index in [-0.39, 0.29) is 34.1 Å². The smallest absolute Gasteiger partial charge is 0.341 e. The minimum atomic E-state index is -1.37. The summed E-state index contributed by atoms with van der Waals surface area (Å²) < 4.78 is 15.9. The van der Waals surface area contributed by atoms with Crippen LogP contribution in [0.5, 0.6) is 5.75 Å². The number of hydrogen-bond donors (Lipinski definition) is 2. The molecule has 0 spiro atoms. The quantitative estimate of drug-likeness (QED) is 0.659. The number of phenols is 1. The van der Waals surface area contributed by atoms with Crippen molar-refractivity contribution in [3.05, 3.63) is 74.3 Å². The Labute approximate surface area is 165 Å². The molecule has 3 aromatic rings. The average molecular weight is 404 g/mol. The number of aromatic carboxylic acids is 1. The minimum absolute atomic E-state index is 0.00901. The fourth-order valence-corrected chi connectivity index (χ4v) is 3.43. The average Bonchev–Trinajstić information content (AvgIpc) is 2.62. The number of carboxylic acid groups (broad SMARTS) is 1. The molecule has 0 bridgehead atoms. The Morgan fingerprint density at radius 3 is 2.57 bits per heavy atom. The van der Waals surface area contributed by atoms with Crippen molar-refractivity contribution in [2.75, 3.05) is 0 Å². The van der Waals surface area contributed by atoms with Gasteiger partial charge < -0.3 is 14.8 Å². The summed E-state index contributed by atoms with van der Waals surface area (Å²) >= 11 is 5.81. The van der Waals surface area contributed by atoms with Crippen LogP contribution in [0.25, 0.3) is 10.9 Å². The van der Waals surface area contributed by atoms with E-state index in [1.165, 1.54) is 18.3 Å². The van der Waals surface area contributed by atoms with E-state index in [1.54, 1.807) is 22.8 Å². The highest BCUT2D eigenvalue weighted by molar-refractivity contribution is 6.30. The lowest BCUT2D eigenvalue weighted by atomic mass is 9.99. The van der Waals surface area contributed by atoms with Crippen molar-refractivity contribution >= 4 is 28.5 Å². The number of phenolic OH excluding ortho intramolecular Hbond substituents is 1. The largest absolute Gasteiger partial charge is 0.507 e. The summed E-state index contributed by atoms with van der Waals surface area (Å²) in [6.45, 7) is 4.39. The van der Waals surface area contributed by atoms with Crippen molar-refractivity contribution in [1.29, 1.82) is 0 Å². The van der Waals surface area contributed by atoms with Gasteiger partial charge in [-0.1, -0.05) is 43.6 Å². The number of pyridine rings is 1. The Morgan fingerprint density at radius 2 is 1.93 bits per heavy atom. The van der Waals surface area contributed by atoms with E-state index in [1.807, 2.05) is 13.8 Å². The van der Waals surface area contributed by atoms with Crippen LogP contribution in [0.3, 0.4) is 0 Å². The van der Waals surface area contributed by atoms with Crippen LogP contribution in [0.4, 0.5) is 4.39 Å². The van der Waals surface area contributed by atoms with Crippen LogP contribution >= 0.6 is 11.6 Å². The number of carbonyl (C=O) groups is 1. The van der Waals surface area contributed by atoms with Gasteiger partial charge in [0.15, 0.2) is 0 Å². The molecule has 1 aromatic heterocycles. The molecule has 0 aliphatic rings. The standard InChI is InChI=1S/C21H19ClFNO4/c1-11(2)9-24-10-14(21(27)28)20(26)17-16(24)7-6-13(19(17)25)8-12-4-3-5-15(22)18(12)23/h3-7,10-11,25H,8-9H2,1-2H3,(H,27,28). The lowest BCUT2D eigenvalue weighted by Gasteiger charge is -2.16. The summed E-state index contributed by atoms with van der Waals surface area (Å²) in [7, 11) is 0. The zero-order chi connectivity index (χ0) is 20.6. The molecule has 28 heavy (non-hydrogen) atoms. The van der Waals surface area contributed by atoms with Crippen LogP contribution in [0.15, 0.2) is 41.3 Å². The van der Waals surface area contributed by atoms with Crippen molar-refractivity contribution in [3.8, 4) is 5.75 Å². The van der Waals surface area contributed by atoms with Gasteiger partial charge in [0.25, 0.3) is 0 Å². The Bertz CT molecular complexity index is 1140. The maximum absolute atomic E-state index is 14.2. The Hall–Kier alpha value is -2.86. The molecule has 1 heterocycles. The van der Waals surface area contributed by atoms with Crippen molar-refractivity contribution < 1.29 is 19.4 Å². The second-order valence-corrected chi connectivity index (χ2v) is 7.49. The molecule has 146 valence electrons. The van der Waals surface area contributed by atoms with Crippen LogP contribution in [-0.4, -0.2) is 20.7 Å². The molecule has 0 amide bonds. The Balaban J connectivity index is 2.24. The van der Waals surface area contributed by atoms with E-state index in [2.05, 4.69) is 0 Å². The van der Waals surface area contributed by atoms with Crippen molar-refractivity contribution in [2.24, 2.45) is 5.92 Å². The number of aromatic nitrogens is 1. The molecule has 0 unspecified atom stereocenters. The molecule has 0 aliphatic carbocycles. The van der Waals surface area contributed by atoms with Gasteiger partial charge in [0.2, 0.25) is 5.43 Å². The van der Waals surface area contributed by atoms with E-state index >= 15 is 0 Å². The topological polar surface area (TPSA) is 79.5 Å². The molecule has 2 aromatic carbocycles. The minimum Gasteiger partial charge on any atom is -0.507 e. The number of nitrogens with zero attached hydrogens (tertiary/aromatic N) is 1. The number of rotatable bonds is 5. The maximum atomic E-state index is 14.2. The van der Waals surface area contributed by atoms with Crippen LogP contribution in [0.1, 0.15) is 35.3 Å². The fraction of sp³-hybridized carbons (Fsp3) is 0.238. The Morgan fingerprint density at radius 1 is 1.21 bits per heavy atom. The highest BCUT2D eigenvalue weighted by Crippen LogP contribution is 2.30.